The molecule has 1 saturated carbocycles. The van der Waals surface area contributed by atoms with Gasteiger partial charge in [0.05, 0.1) is 0 Å². The predicted molar refractivity (Wildman–Crippen MR) is 142 cm³/mol. The number of carbonyl (C=O) groups is 1. The first-order valence-electron chi connectivity index (χ1n) is 13.2. The van der Waals surface area contributed by atoms with Crippen LogP contribution in [0, 0.1) is 11.8 Å². The fraction of sp³-hybridized carbons (Fsp3) is 0.538. The third-order valence-corrected chi connectivity index (χ3v) is 8.06. The zero-order valence-electron chi connectivity index (χ0n) is 21.2. The fourth-order valence-corrected chi connectivity index (χ4v) is 5.90. The monoisotopic (exact) mass is 524 g/mol. The van der Waals surface area contributed by atoms with E-state index in [0.717, 1.165) is 54.8 Å². The summed E-state index contributed by atoms with van der Waals surface area (Å²) in [4.78, 5) is 33.9. The second kappa shape index (κ2) is 10.1. The number of imidazole rings is 1. The van der Waals surface area contributed by atoms with Gasteiger partial charge in [0.2, 0.25) is 5.95 Å². The third-order valence-electron chi connectivity index (χ3n) is 7.82. The van der Waals surface area contributed by atoms with Crippen molar-refractivity contribution in [2.24, 2.45) is 11.8 Å². The second-order valence-electron chi connectivity index (χ2n) is 10.6. The zero-order valence-corrected chi connectivity index (χ0v) is 22.0. The van der Waals surface area contributed by atoms with Gasteiger partial charge in [-0.15, -0.1) is 5.48 Å². The molecule has 10 nitrogen and oxygen atoms in total. The Hall–Kier alpha value is -2.95. The van der Waals surface area contributed by atoms with Crippen LogP contribution in [0.25, 0.3) is 22.4 Å². The lowest BCUT2D eigenvalue weighted by molar-refractivity contribution is 0.120. The predicted octanol–water partition coefficient (Wildman–Crippen LogP) is 4.01. The van der Waals surface area contributed by atoms with Crippen LogP contribution in [0.4, 0.5) is 10.7 Å². The van der Waals surface area contributed by atoms with E-state index >= 15 is 0 Å². The van der Waals surface area contributed by atoms with E-state index in [0.29, 0.717) is 28.5 Å². The lowest BCUT2D eigenvalue weighted by Gasteiger charge is -2.36. The summed E-state index contributed by atoms with van der Waals surface area (Å²) in [6.45, 7) is 8.12. The number of carbonyl (C=O) groups excluding carboxylic acids is 1. The normalized spacial score (nSPS) is 26.4. The molecule has 1 amide bonds. The molecule has 0 radical (unpaired) electrons. The third kappa shape index (κ3) is 4.85. The number of anilines is 1. The lowest BCUT2D eigenvalue weighted by Crippen LogP contribution is -2.51. The van der Waals surface area contributed by atoms with Crippen LogP contribution in [0.15, 0.2) is 24.3 Å². The van der Waals surface area contributed by atoms with Crippen molar-refractivity contribution < 1.29 is 9.63 Å². The number of aromatic nitrogens is 4. The molecule has 2 aliphatic heterocycles. The molecular weight excluding hydrogens is 492 g/mol. The average Bonchev–Trinajstić information content (AvgIpc) is 3.49. The minimum absolute atomic E-state index is 0.293. The number of hydrogen-bond acceptors (Lipinski definition) is 8. The maximum absolute atomic E-state index is 11.7. The highest BCUT2D eigenvalue weighted by Crippen LogP contribution is 2.36. The summed E-state index contributed by atoms with van der Waals surface area (Å²) in [5.41, 5.74) is 5.80. The van der Waals surface area contributed by atoms with Crippen molar-refractivity contribution in [1.82, 2.24) is 35.6 Å². The number of nitrogens with one attached hydrogen (secondary N) is 3. The van der Waals surface area contributed by atoms with Gasteiger partial charge < -0.3 is 19.6 Å². The van der Waals surface area contributed by atoms with Gasteiger partial charge in [0.25, 0.3) is 0 Å². The number of benzene rings is 1. The van der Waals surface area contributed by atoms with Crippen molar-refractivity contribution in [3.05, 3.63) is 35.1 Å². The topological polar surface area (TPSA) is 109 Å². The number of amides is 1. The summed E-state index contributed by atoms with van der Waals surface area (Å²) in [5.74, 6) is 2.68. The van der Waals surface area contributed by atoms with Crippen molar-refractivity contribution in [2.45, 2.75) is 58.3 Å². The lowest BCUT2D eigenvalue weighted by atomic mass is 9.83. The molecule has 3 fully saturated rings. The molecule has 6 rings (SSSR count). The van der Waals surface area contributed by atoms with E-state index in [-0.39, 0.29) is 0 Å². The van der Waals surface area contributed by atoms with E-state index in [1.165, 1.54) is 25.7 Å². The van der Waals surface area contributed by atoms with Gasteiger partial charge in [0.1, 0.15) is 11.2 Å². The molecule has 0 bridgehead atoms. The first kappa shape index (κ1) is 24.4. The van der Waals surface area contributed by atoms with Gasteiger partial charge in [-0.2, -0.15) is 4.98 Å². The Bertz CT molecular complexity index is 1310. The largest absolute Gasteiger partial charge is 0.427 e. The molecule has 3 N–H and O–H groups in total. The van der Waals surface area contributed by atoms with Crippen LogP contribution in [0.3, 0.4) is 0 Å². The minimum Gasteiger partial charge on any atom is -0.351 e. The van der Waals surface area contributed by atoms with E-state index in [2.05, 4.69) is 39.4 Å². The van der Waals surface area contributed by atoms with E-state index in [1.54, 1.807) is 0 Å². The Morgan fingerprint density at radius 2 is 1.97 bits per heavy atom. The molecule has 2 atom stereocenters. The van der Waals surface area contributed by atoms with Crippen LogP contribution in [0.1, 0.15) is 51.5 Å². The summed E-state index contributed by atoms with van der Waals surface area (Å²) >= 11 is 6.42. The number of hydroxylamine groups is 1. The van der Waals surface area contributed by atoms with E-state index in [9.17, 15) is 4.79 Å². The number of halogens is 1. The van der Waals surface area contributed by atoms with Crippen LogP contribution in [0.5, 0.6) is 0 Å². The zero-order chi connectivity index (χ0) is 25.5. The molecule has 2 saturated heterocycles. The molecule has 11 heteroatoms. The summed E-state index contributed by atoms with van der Waals surface area (Å²) in [5, 5.41) is 6.82. The standard InChI is InChI=1S/C26H33ClN8O2/c1-15-6-8-17(9-7-15)14-35-21-20(18-4-3-5-19(27)12-18)29-23(24-32-26(36)37-33-24)30-22(21)31-25(35)34-11-10-28-13-16(34)2/h3-5,12,15-17,24,28,33H,6-11,13-14H2,1-2H3,(H,32,36)/t15?,16-,17?,24?/m1/s1. The number of rotatable bonds is 5. The second-order valence-corrected chi connectivity index (χ2v) is 11.0. The summed E-state index contributed by atoms with van der Waals surface area (Å²) in [6, 6.07) is 7.98. The van der Waals surface area contributed by atoms with Gasteiger partial charge in [-0.3, -0.25) is 5.32 Å². The average molecular weight is 525 g/mol. The summed E-state index contributed by atoms with van der Waals surface area (Å²) < 4.78 is 2.34. The number of nitrogens with zero attached hydrogens (tertiary/aromatic N) is 5. The maximum Gasteiger partial charge on any atom is 0.427 e. The Morgan fingerprint density at radius 1 is 1.14 bits per heavy atom. The maximum atomic E-state index is 11.7. The summed E-state index contributed by atoms with van der Waals surface area (Å²) in [6.07, 6.45) is 3.69. The molecule has 196 valence electrons. The van der Waals surface area contributed by atoms with Gasteiger partial charge in [-0.1, -0.05) is 43.5 Å². The van der Waals surface area contributed by atoms with Gasteiger partial charge in [0, 0.05) is 42.8 Å². The molecule has 3 aromatic rings. The Balaban J connectivity index is 1.54. The first-order valence-corrected chi connectivity index (χ1v) is 13.6. The molecule has 1 aromatic carbocycles. The smallest absolute Gasteiger partial charge is 0.351 e. The van der Waals surface area contributed by atoms with Gasteiger partial charge in [-0.25, -0.2) is 14.8 Å². The SMILES string of the molecule is CC1CCC(Cn2c(N3CCNC[C@H]3C)nc3nc(C4NOC(=O)N4)nc(-c4cccc(Cl)c4)c32)CC1. The molecule has 3 aliphatic rings. The number of fused-ring (bicyclic) bond motifs is 1. The Labute approximate surface area is 221 Å². The molecule has 4 heterocycles. The fourth-order valence-electron chi connectivity index (χ4n) is 5.71. The molecule has 2 aromatic heterocycles. The van der Waals surface area contributed by atoms with Crippen molar-refractivity contribution in [3.8, 4) is 11.3 Å². The van der Waals surface area contributed by atoms with Gasteiger partial charge in [-0.05, 0) is 43.7 Å². The van der Waals surface area contributed by atoms with E-state index < -0.39 is 12.3 Å². The van der Waals surface area contributed by atoms with Crippen molar-refractivity contribution in [2.75, 3.05) is 24.5 Å². The first-order chi connectivity index (χ1) is 18.0. The van der Waals surface area contributed by atoms with E-state index in [4.69, 9.17) is 31.4 Å². The minimum atomic E-state index is -0.665. The summed E-state index contributed by atoms with van der Waals surface area (Å²) in [7, 11) is 0. The van der Waals surface area contributed by atoms with Crippen LogP contribution in [0.2, 0.25) is 5.02 Å². The molecule has 0 spiro atoms. The molecule has 1 unspecified atom stereocenters. The van der Waals surface area contributed by atoms with Crippen molar-refractivity contribution in [3.63, 3.8) is 0 Å². The number of hydrogen-bond donors (Lipinski definition) is 3. The van der Waals surface area contributed by atoms with Crippen molar-refractivity contribution in [1.29, 1.82) is 0 Å². The van der Waals surface area contributed by atoms with Crippen LogP contribution < -0.4 is 21.0 Å². The van der Waals surface area contributed by atoms with Crippen LogP contribution in [-0.2, 0) is 11.4 Å². The highest BCUT2D eigenvalue weighted by Gasteiger charge is 2.32. The molecular formula is C26H33ClN8O2. The highest BCUT2D eigenvalue weighted by atomic mass is 35.5. The Morgan fingerprint density at radius 3 is 2.70 bits per heavy atom. The molecule has 1 aliphatic carbocycles. The van der Waals surface area contributed by atoms with Crippen LogP contribution >= 0.6 is 11.6 Å². The van der Waals surface area contributed by atoms with Gasteiger partial charge in [0.15, 0.2) is 17.6 Å². The Kier molecular flexibility index (Phi) is 6.64. The van der Waals surface area contributed by atoms with E-state index in [1.807, 2.05) is 24.3 Å². The quantitative estimate of drug-likeness (QED) is 0.459. The number of piperazine rings is 1. The highest BCUT2D eigenvalue weighted by molar-refractivity contribution is 6.30. The van der Waals surface area contributed by atoms with Gasteiger partial charge >= 0.3 is 6.09 Å². The molecule has 37 heavy (non-hydrogen) atoms. The van der Waals surface area contributed by atoms with Crippen molar-refractivity contribution >= 4 is 34.8 Å². The van der Waals surface area contributed by atoms with Crippen LogP contribution in [-0.4, -0.2) is 51.3 Å².